The van der Waals surface area contributed by atoms with Gasteiger partial charge in [-0.1, -0.05) is 12.1 Å². The lowest BCUT2D eigenvalue weighted by Gasteiger charge is -2.16. The number of benzene rings is 2. The van der Waals surface area contributed by atoms with Crippen molar-refractivity contribution < 1.29 is 14.2 Å². The Kier molecular flexibility index (Phi) is 2.88. The van der Waals surface area contributed by atoms with Crippen LogP contribution in [0.4, 0.5) is 4.39 Å². The minimum absolute atomic E-state index is 0.168. The molecule has 2 aromatic rings. The molecule has 1 fully saturated rings. The molecular formula is C18H17FO2. The number of aromatic hydroxyl groups is 1. The fourth-order valence-electron chi connectivity index (χ4n) is 3.17. The summed E-state index contributed by atoms with van der Waals surface area (Å²) in [6.07, 6.45) is 3.61. The van der Waals surface area contributed by atoms with Crippen LogP contribution in [-0.2, 0) is 6.42 Å². The molecule has 0 saturated heterocycles. The quantitative estimate of drug-likeness (QED) is 0.900. The van der Waals surface area contributed by atoms with Crippen LogP contribution in [0.25, 0.3) is 0 Å². The summed E-state index contributed by atoms with van der Waals surface area (Å²) in [6.45, 7) is 0. The highest BCUT2D eigenvalue weighted by molar-refractivity contribution is 5.45. The number of phenols is 1. The molecule has 2 aliphatic carbocycles. The van der Waals surface area contributed by atoms with E-state index in [-0.39, 0.29) is 17.7 Å². The van der Waals surface area contributed by atoms with Crippen LogP contribution < -0.4 is 4.74 Å². The van der Waals surface area contributed by atoms with Crippen molar-refractivity contribution in [1.82, 2.24) is 0 Å². The van der Waals surface area contributed by atoms with Crippen molar-refractivity contribution in [1.29, 1.82) is 0 Å². The van der Waals surface area contributed by atoms with Gasteiger partial charge in [-0.3, -0.25) is 0 Å². The van der Waals surface area contributed by atoms with Gasteiger partial charge in [0.05, 0.1) is 0 Å². The third-order valence-corrected chi connectivity index (χ3v) is 4.46. The number of phenolic OH excluding ortho intramolecular Hbond substituents is 1. The Bertz CT molecular complexity index is 674. The molecule has 0 aromatic heterocycles. The average Bonchev–Trinajstić information content (AvgIpc) is 3.25. The molecule has 2 aromatic carbocycles. The van der Waals surface area contributed by atoms with Crippen molar-refractivity contribution in [3.05, 3.63) is 58.9 Å². The van der Waals surface area contributed by atoms with E-state index in [0.29, 0.717) is 24.0 Å². The van der Waals surface area contributed by atoms with Gasteiger partial charge in [-0.15, -0.1) is 0 Å². The van der Waals surface area contributed by atoms with Crippen molar-refractivity contribution >= 4 is 0 Å². The first-order valence-electron chi connectivity index (χ1n) is 7.49. The molecule has 1 saturated carbocycles. The molecule has 2 nitrogen and oxygen atoms in total. The smallest absolute Gasteiger partial charge is 0.130 e. The second-order valence-electron chi connectivity index (χ2n) is 5.95. The SMILES string of the molecule is Oc1ccc(F)c2c1CCC2Oc1ccc(C2CC2)cc1. The molecule has 108 valence electrons. The third kappa shape index (κ3) is 2.27. The van der Waals surface area contributed by atoms with Gasteiger partial charge < -0.3 is 9.84 Å². The molecular weight excluding hydrogens is 267 g/mol. The molecule has 0 radical (unpaired) electrons. The van der Waals surface area contributed by atoms with E-state index in [9.17, 15) is 9.50 Å². The standard InChI is InChI=1S/C18H17FO2/c19-15-8-9-16(20)14-7-10-17(18(14)15)21-13-5-3-12(4-6-13)11-1-2-11/h3-6,8-9,11,17,20H,1-2,7,10H2. The summed E-state index contributed by atoms with van der Waals surface area (Å²) < 4.78 is 20.0. The van der Waals surface area contributed by atoms with Crippen LogP contribution in [0.15, 0.2) is 36.4 Å². The van der Waals surface area contributed by atoms with E-state index in [1.807, 2.05) is 12.1 Å². The first-order valence-corrected chi connectivity index (χ1v) is 7.49. The number of halogens is 1. The molecule has 3 heteroatoms. The van der Waals surface area contributed by atoms with Crippen LogP contribution in [0.2, 0.25) is 0 Å². The Morgan fingerprint density at radius 2 is 1.76 bits per heavy atom. The Hall–Kier alpha value is -2.03. The molecule has 4 rings (SSSR count). The number of fused-ring (bicyclic) bond motifs is 1. The Morgan fingerprint density at radius 1 is 1.00 bits per heavy atom. The summed E-state index contributed by atoms with van der Waals surface area (Å²) in [5.74, 6) is 1.36. The molecule has 1 unspecified atom stereocenters. The summed E-state index contributed by atoms with van der Waals surface area (Å²) >= 11 is 0. The maximum absolute atomic E-state index is 14.0. The highest BCUT2D eigenvalue weighted by Gasteiger charge is 2.30. The molecule has 1 atom stereocenters. The zero-order valence-corrected chi connectivity index (χ0v) is 11.7. The van der Waals surface area contributed by atoms with Crippen molar-refractivity contribution in [2.75, 3.05) is 0 Å². The minimum atomic E-state index is -0.307. The first-order chi connectivity index (χ1) is 10.2. The average molecular weight is 284 g/mol. The normalized spacial score (nSPS) is 20.3. The summed E-state index contributed by atoms with van der Waals surface area (Å²) in [5.41, 5.74) is 2.56. The van der Waals surface area contributed by atoms with E-state index >= 15 is 0 Å². The van der Waals surface area contributed by atoms with Crippen LogP contribution in [-0.4, -0.2) is 5.11 Å². The molecule has 21 heavy (non-hydrogen) atoms. The maximum Gasteiger partial charge on any atom is 0.130 e. The monoisotopic (exact) mass is 284 g/mol. The number of hydrogen-bond donors (Lipinski definition) is 1. The van der Waals surface area contributed by atoms with E-state index in [1.54, 1.807) is 0 Å². The van der Waals surface area contributed by atoms with E-state index < -0.39 is 0 Å². The van der Waals surface area contributed by atoms with Crippen molar-refractivity contribution in [2.45, 2.75) is 37.7 Å². The highest BCUT2D eigenvalue weighted by Crippen LogP contribution is 2.42. The third-order valence-electron chi connectivity index (χ3n) is 4.46. The lowest BCUT2D eigenvalue weighted by molar-refractivity contribution is 0.203. The van der Waals surface area contributed by atoms with Gasteiger partial charge in [0.2, 0.25) is 0 Å². The zero-order chi connectivity index (χ0) is 14.4. The largest absolute Gasteiger partial charge is 0.508 e. The van der Waals surface area contributed by atoms with Crippen LogP contribution >= 0.6 is 0 Å². The summed E-state index contributed by atoms with van der Waals surface area (Å²) in [5, 5.41) is 9.82. The van der Waals surface area contributed by atoms with Gasteiger partial charge in [-0.2, -0.15) is 0 Å². The molecule has 0 spiro atoms. The summed E-state index contributed by atoms with van der Waals surface area (Å²) in [7, 11) is 0. The lowest BCUT2D eigenvalue weighted by Crippen LogP contribution is -2.05. The lowest BCUT2D eigenvalue weighted by atomic mass is 10.1. The van der Waals surface area contributed by atoms with Crippen LogP contribution in [0.5, 0.6) is 11.5 Å². The van der Waals surface area contributed by atoms with Gasteiger partial charge in [0.25, 0.3) is 0 Å². The fourth-order valence-corrected chi connectivity index (χ4v) is 3.17. The van der Waals surface area contributed by atoms with Gasteiger partial charge in [0.15, 0.2) is 0 Å². The summed E-state index contributed by atoms with van der Waals surface area (Å²) in [4.78, 5) is 0. The number of hydrogen-bond acceptors (Lipinski definition) is 2. The van der Waals surface area contributed by atoms with Crippen molar-refractivity contribution in [3.63, 3.8) is 0 Å². The topological polar surface area (TPSA) is 29.5 Å². The van der Waals surface area contributed by atoms with Gasteiger partial charge in [0, 0.05) is 11.1 Å². The second-order valence-corrected chi connectivity index (χ2v) is 5.95. The predicted octanol–water partition coefficient (Wildman–Crippen LogP) is 4.48. The Labute approximate surface area is 123 Å². The van der Waals surface area contributed by atoms with Gasteiger partial charge in [-0.25, -0.2) is 4.39 Å². The van der Waals surface area contributed by atoms with Gasteiger partial charge in [0.1, 0.15) is 23.4 Å². The van der Waals surface area contributed by atoms with Gasteiger partial charge >= 0.3 is 0 Å². The van der Waals surface area contributed by atoms with Crippen molar-refractivity contribution in [2.24, 2.45) is 0 Å². The maximum atomic E-state index is 14.0. The zero-order valence-electron chi connectivity index (χ0n) is 11.7. The fraction of sp³-hybridized carbons (Fsp3) is 0.333. The molecule has 1 N–H and O–H groups in total. The highest BCUT2D eigenvalue weighted by atomic mass is 19.1. The van der Waals surface area contributed by atoms with E-state index in [2.05, 4.69) is 12.1 Å². The summed E-state index contributed by atoms with van der Waals surface area (Å²) in [6, 6.07) is 10.9. The van der Waals surface area contributed by atoms with E-state index in [0.717, 1.165) is 11.7 Å². The Morgan fingerprint density at radius 3 is 2.48 bits per heavy atom. The molecule has 0 heterocycles. The van der Waals surface area contributed by atoms with E-state index in [4.69, 9.17) is 4.74 Å². The molecule has 0 bridgehead atoms. The Balaban J connectivity index is 1.58. The first kappa shape index (κ1) is 12.7. The predicted molar refractivity (Wildman–Crippen MR) is 78.2 cm³/mol. The molecule has 0 aliphatic heterocycles. The van der Waals surface area contributed by atoms with Crippen LogP contribution in [0, 0.1) is 5.82 Å². The van der Waals surface area contributed by atoms with Crippen LogP contribution in [0.3, 0.4) is 0 Å². The number of rotatable bonds is 3. The second kappa shape index (κ2) is 4.76. The van der Waals surface area contributed by atoms with E-state index in [1.165, 1.54) is 30.5 Å². The van der Waals surface area contributed by atoms with Gasteiger partial charge in [-0.05, 0) is 61.4 Å². The van der Waals surface area contributed by atoms with Crippen LogP contribution in [0.1, 0.15) is 48.0 Å². The molecule has 2 aliphatic rings. The minimum Gasteiger partial charge on any atom is -0.508 e. The molecule has 0 amide bonds. The number of ether oxygens (including phenoxy) is 1. The van der Waals surface area contributed by atoms with Crippen molar-refractivity contribution in [3.8, 4) is 11.5 Å².